The topological polar surface area (TPSA) is 69.4 Å². The minimum absolute atomic E-state index is 0.0695. The van der Waals surface area contributed by atoms with Crippen LogP contribution in [0.4, 0.5) is 5.69 Å². The predicted octanol–water partition coefficient (Wildman–Crippen LogP) is 3.21. The molecule has 0 aliphatic heterocycles. The van der Waals surface area contributed by atoms with Gasteiger partial charge in [0, 0.05) is 6.07 Å². The molecule has 0 aliphatic carbocycles. The summed E-state index contributed by atoms with van der Waals surface area (Å²) in [6.45, 7) is 2.32. The Morgan fingerprint density at radius 1 is 1.53 bits per heavy atom. The molecule has 1 aromatic carbocycles. The fraction of sp³-hybridized carbons (Fsp3) is 0.364. The molecule has 0 amide bonds. The summed E-state index contributed by atoms with van der Waals surface area (Å²) < 4.78 is 4.96. The molecule has 1 rings (SSSR count). The van der Waals surface area contributed by atoms with Crippen molar-refractivity contribution < 1.29 is 14.5 Å². The van der Waals surface area contributed by atoms with E-state index in [1.54, 1.807) is 0 Å². The van der Waals surface area contributed by atoms with Gasteiger partial charge in [-0.25, -0.2) is 4.79 Å². The van der Waals surface area contributed by atoms with Gasteiger partial charge in [-0.2, -0.15) is 0 Å². The number of hydrogen-bond donors (Lipinski definition) is 0. The third kappa shape index (κ3) is 3.71. The first-order valence-electron chi connectivity index (χ1n) is 5.17. The molecule has 0 bridgehead atoms. The van der Waals surface area contributed by atoms with E-state index < -0.39 is 10.9 Å². The van der Waals surface area contributed by atoms with Crippen molar-refractivity contribution in [1.82, 2.24) is 0 Å². The summed E-state index contributed by atoms with van der Waals surface area (Å²) >= 11 is 5.68. The van der Waals surface area contributed by atoms with Gasteiger partial charge in [0.2, 0.25) is 0 Å². The predicted molar refractivity (Wildman–Crippen MR) is 63.3 cm³/mol. The average Bonchev–Trinajstić information content (AvgIpc) is 2.28. The molecule has 0 saturated heterocycles. The van der Waals surface area contributed by atoms with Gasteiger partial charge in [0.05, 0.1) is 17.1 Å². The first kappa shape index (κ1) is 13.4. The Balaban J connectivity index is 2.76. The summed E-state index contributed by atoms with van der Waals surface area (Å²) in [7, 11) is 0. The van der Waals surface area contributed by atoms with Crippen LogP contribution in [0.5, 0.6) is 0 Å². The first-order chi connectivity index (χ1) is 8.06. The molecule has 0 saturated carbocycles. The van der Waals surface area contributed by atoms with Crippen LogP contribution in [0.1, 0.15) is 30.1 Å². The third-order valence-corrected chi connectivity index (χ3v) is 2.41. The van der Waals surface area contributed by atoms with E-state index in [1.165, 1.54) is 18.2 Å². The number of nitro groups is 1. The summed E-state index contributed by atoms with van der Waals surface area (Å²) in [6, 6.07) is 3.77. The Kier molecular flexibility index (Phi) is 4.90. The van der Waals surface area contributed by atoms with Crippen LogP contribution in [-0.4, -0.2) is 17.5 Å². The summed E-state index contributed by atoms with van der Waals surface area (Å²) in [5.74, 6) is -0.518. The molecule has 5 nitrogen and oxygen atoms in total. The zero-order valence-corrected chi connectivity index (χ0v) is 10.1. The van der Waals surface area contributed by atoms with Crippen LogP contribution in [-0.2, 0) is 4.74 Å². The zero-order valence-electron chi connectivity index (χ0n) is 9.31. The highest BCUT2D eigenvalue weighted by molar-refractivity contribution is 6.33. The van der Waals surface area contributed by atoms with Crippen LogP contribution >= 0.6 is 11.6 Å². The SMILES string of the molecule is CCCCOC(=O)c1ccc([N+](=O)[O-])c(Cl)c1. The highest BCUT2D eigenvalue weighted by Gasteiger charge is 2.15. The fourth-order valence-corrected chi connectivity index (χ4v) is 1.42. The lowest BCUT2D eigenvalue weighted by Crippen LogP contribution is -2.06. The summed E-state index contributed by atoms with van der Waals surface area (Å²) in [5, 5.41) is 10.4. The van der Waals surface area contributed by atoms with Crippen LogP contribution in [0.3, 0.4) is 0 Å². The number of rotatable bonds is 5. The molecule has 0 N–H and O–H groups in total. The van der Waals surface area contributed by atoms with Gasteiger partial charge in [-0.3, -0.25) is 10.1 Å². The van der Waals surface area contributed by atoms with Crippen molar-refractivity contribution in [2.45, 2.75) is 19.8 Å². The van der Waals surface area contributed by atoms with Gasteiger partial charge in [0.15, 0.2) is 0 Å². The Labute approximate surface area is 103 Å². The minimum Gasteiger partial charge on any atom is -0.462 e. The van der Waals surface area contributed by atoms with E-state index >= 15 is 0 Å². The number of halogens is 1. The molecule has 92 valence electrons. The molecule has 0 aromatic heterocycles. The molecule has 1 aromatic rings. The average molecular weight is 258 g/mol. The quantitative estimate of drug-likeness (QED) is 0.351. The second kappa shape index (κ2) is 6.20. The largest absolute Gasteiger partial charge is 0.462 e. The summed E-state index contributed by atoms with van der Waals surface area (Å²) in [5.41, 5.74) is -0.00604. The molecule has 17 heavy (non-hydrogen) atoms. The van der Waals surface area contributed by atoms with E-state index in [9.17, 15) is 14.9 Å². The molecular formula is C11H12ClNO4. The van der Waals surface area contributed by atoms with Crippen molar-refractivity contribution in [1.29, 1.82) is 0 Å². The van der Waals surface area contributed by atoms with Crippen LogP contribution in [0.25, 0.3) is 0 Å². The van der Waals surface area contributed by atoms with Gasteiger partial charge < -0.3 is 4.74 Å². The maximum absolute atomic E-state index is 11.5. The molecule has 6 heteroatoms. The van der Waals surface area contributed by atoms with Crippen LogP contribution in [0, 0.1) is 10.1 Å². The molecule has 0 unspecified atom stereocenters. The van der Waals surface area contributed by atoms with Gasteiger partial charge >= 0.3 is 5.97 Å². The smallest absolute Gasteiger partial charge is 0.338 e. The van der Waals surface area contributed by atoms with Crippen molar-refractivity contribution in [2.24, 2.45) is 0 Å². The molecule has 0 radical (unpaired) electrons. The Morgan fingerprint density at radius 3 is 2.76 bits per heavy atom. The van der Waals surface area contributed by atoms with Gasteiger partial charge in [-0.05, 0) is 18.6 Å². The van der Waals surface area contributed by atoms with E-state index in [2.05, 4.69) is 0 Å². The van der Waals surface area contributed by atoms with E-state index in [0.29, 0.717) is 6.61 Å². The number of nitro benzene ring substituents is 1. The lowest BCUT2D eigenvalue weighted by atomic mass is 10.2. The second-order valence-electron chi connectivity index (χ2n) is 3.41. The number of carbonyl (C=O) groups is 1. The summed E-state index contributed by atoms with van der Waals surface area (Å²) in [4.78, 5) is 21.4. The van der Waals surface area contributed by atoms with Crippen LogP contribution in [0.2, 0.25) is 5.02 Å². The zero-order chi connectivity index (χ0) is 12.8. The van der Waals surface area contributed by atoms with Crippen molar-refractivity contribution in [2.75, 3.05) is 6.61 Å². The molecule has 0 heterocycles. The molecule has 0 spiro atoms. The fourth-order valence-electron chi connectivity index (χ4n) is 1.17. The third-order valence-electron chi connectivity index (χ3n) is 2.11. The van der Waals surface area contributed by atoms with Crippen LogP contribution < -0.4 is 0 Å². The van der Waals surface area contributed by atoms with E-state index in [0.717, 1.165) is 12.8 Å². The molecule has 0 aliphatic rings. The lowest BCUT2D eigenvalue weighted by Gasteiger charge is -2.04. The maximum Gasteiger partial charge on any atom is 0.338 e. The minimum atomic E-state index is -0.603. The van der Waals surface area contributed by atoms with Crippen molar-refractivity contribution in [3.8, 4) is 0 Å². The maximum atomic E-state index is 11.5. The highest BCUT2D eigenvalue weighted by Crippen LogP contribution is 2.25. The monoisotopic (exact) mass is 257 g/mol. The van der Waals surface area contributed by atoms with Gasteiger partial charge in [0.25, 0.3) is 5.69 Å². The Morgan fingerprint density at radius 2 is 2.24 bits per heavy atom. The Bertz CT molecular complexity index is 433. The standard InChI is InChI=1S/C11H12ClNO4/c1-2-3-6-17-11(14)8-4-5-10(13(15)16)9(12)7-8/h4-5,7H,2-3,6H2,1H3. The van der Waals surface area contributed by atoms with E-state index in [4.69, 9.17) is 16.3 Å². The van der Waals surface area contributed by atoms with Crippen LogP contribution in [0.15, 0.2) is 18.2 Å². The number of unbranched alkanes of at least 4 members (excludes halogenated alkanes) is 1. The van der Waals surface area contributed by atoms with Crippen molar-refractivity contribution in [3.05, 3.63) is 38.9 Å². The number of ether oxygens (including phenoxy) is 1. The Hall–Kier alpha value is -1.62. The molecule has 0 atom stereocenters. The number of benzene rings is 1. The number of esters is 1. The van der Waals surface area contributed by atoms with Gasteiger partial charge in [-0.15, -0.1) is 0 Å². The number of nitrogens with zero attached hydrogens (tertiary/aromatic N) is 1. The second-order valence-corrected chi connectivity index (χ2v) is 3.82. The van der Waals surface area contributed by atoms with Gasteiger partial charge in [0.1, 0.15) is 5.02 Å². The summed E-state index contributed by atoms with van der Waals surface area (Å²) in [6.07, 6.45) is 1.71. The number of carbonyl (C=O) groups excluding carboxylic acids is 1. The molecule has 0 fully saturated rings. The lowest BCUT2D eigenvalue weighted by molar-refractivity contribution is -0.384. The first-order valence-corrected chi connectivity index (χ1v) is 5.55. The van der Waals surface area contributed by atoms with Gasteiger partial charge in [-0.1, -0.05) is 24.9 Å². The number of hydrogen-bond acceptors (Lipinski definition) is 4. The highest BCUT2D eigenvalue weighted by atomic mass is 35.5. The normalized spacial score (nSPS) is 10.0. The van der Waals surface area contributed by atoms with E-state index in [1.807, 2.05) is 6.92 Å². The molecular weight excluding hydrogens is 246 g/mol. The van der Waals surface area contributed by atoms with Crippen molar-refractivity contribution in [3.63, 3.8) is 0 Å². The van der Waals surface area contributed by atoms with Crippen molar-refractivity contribution >= 4 is 23.3 Å². The van der Waals surface area contributed by atoms with E-state index in [-0.39, 0.29) is 16.3 Å².